The lowest BCUT2D eigenvalue weighted by Gasteiger charge is -2.16. The summed E-state index contributed by atoms with van der Waals surface area (Å²) in [5.74, 6) is -0.607. The van der Waals surface area contributed by atoms with E-state index < -0.39 is 12.0 Å². The Hall–Kier alpha value is -1.06. The number of primary amides is 1. The van der Waals surface area contributed by atoms with Gasteiger partial charge in [-0.1, -0.05) is 13.8 Å². The number of hydrogen-bond donors (Lipinski definition) is 1. The summed E-state index contributed by atoms with van der Waals surface area (Å²) in [6.07, 6.45) is -0.0287. The van der Waals surface area contributed by atoms with Crippen LogP contribution < -0.4 is 5.73 Å². The van der Waals surface area contributed by atoms with Crippen LogP contribution >= 0.6 is 0 Å². The van der Waals surface area contributed by atoms with Crippen LogP contribution in [0.2, 0.25) is 0 Å². The summed E-state index contributed by atoms with van der Waals surface area (Å²) in [7, 11) is 0. The first-order valence-corrected chi connectivity index (χ1v) is 3.51. The smallest absolute Gasteiger partial charge is 0.293 e. The van der Waals surface area contributed by atoms with Gasteiger partial charge < -0.3 is 10.5 Å². The second-order valence-corrected chi connectivity index (χ2v) is 2.44. The van der Waals surface area contributed by atoms with Crippen LogP contribution in [0.25, 0.3) is 0 Å². The summed E-state index contributed by atoms with van der Waals surface area (Å²) in [5, 5.41) is 0. The van der Waals surface area contributed by atoms with Gasteiger partial charge in [0.2, 0.25) is 0 Å². The van der Waals surface area contributed by atoms with Gasteiger partial charge in [-0.2, -0.15) is 0 Å². The van der Waals surface area contributed by atoms with Crippen LogP contribution in [-0.4, -0.2) is 18.5 Å². The number of nitrogens with two attached hydrogens (primary N) is 1. The Morgan fingerprint density at radius 1 is 1.73 bits per heavy atom. The van der Waals surface area contributed by atoms with Crippen molar-refractivity contribution in [1.29, 1.82) is 0 Å². The molecule has 64 valence electrons. The molecule has 2 atom stereocenters. The number of carbonyl (C=O) groups excluding carboxylic acids is 2. The second-order valence-electron chi connectivity index (χ2n) is 2.44. The van der Waals surface area contributed by atoms with E-state index >= 15 is 0 Å². The third kappa shape index (κ3) is 3.02. The van der Waals surface area contributed by atoms with Gasteiger partial charge in [-0.15, -0.1) is 0 Å². The molecule has 0 saturated carbocycles. The fourth-order valence-corrected chi connectivity index (χ4v) is 0.756. The second kappa shape index (κ2) is 4.71. The van der Waals surface area contributed by atoms with Crippen LogP contribution in [0.1, 0.15) is 20.3 Å². The first-order chi connectivity index (χ1) is 5.13. The average molecular weight is 159 g/mol. The molecule has 0 aliphatic carbocycles. The molecule has 4 nitrogen and oxygen atoms in total. The van der Waals surface area contributed by atoms with E-state index in [1.807, 2.05) is 6.92 Å². The van der Waals surface area contributed by atoms with Gasteiger partial charge in [-0.3, -0.25) is 9.59 Å². The lowest BCUT2D eigenvalue weighted by molar-refractivity contribution is -0.146. The standard InChI is InChI=1S/C7H13NO3/c1-3-5(2)6(7(8)10)11-4-9/h4-6H,3H2,1-2H3,(H2,8,10). The van der Waals surface area contributed by atoms with Crippen molar-refractivity contribution in [3.8, 4) is 0 Å². The maximum Gasteiger partial charge on any atom is 0.293 e. The van der Waals surface area contributed by atoms with Crippen molar-refractivity contribution >= 4 is 12.4 Å². The zero-order chi connectivity index (χ0) is 8.85. The average Bonchev–Trinajstić information content (AvgIpc) is 1.98. The number of ether oxygens (including phenoxy) is 1. The van der Waals surface area contributed by atoms with Gasteiger partial charge in [0.1, 0.15) is 0 Å². The molecule has 4 heteroatoms. The van der Waals surface area contributed by atoms with Gasteiger partial charge in [0.25, 0.3) is 12.4 Å². The highest BCUT2D eigenvalue weighted by atomic mass is 16.5. The summed E-state index contributed by atoms with van der Waals surface area (Å²) in [6, 6.07) is 0. The van der Waals surface area contributed by atoms with Crippen LogP contribution in [0, 0.1) is 5.92 Å². The normalized spacial score (nSPS) is 15.1. The molecule has 1 amide bonds. The van der Waals surface area contributed by atoms with Gasteiger partial charge in [-0.25, -0.2) is 0 Å². The molecule has 0 aromatic heterocycles. The third-order valence-electron chi connectivity index (χ3n) is 1.64. The molecule has 2 N–H and O–H groups in total. The quantitative estimate of drug-likeness (QED) is 0.576. The highest BCUT2D eigenvalue weighted by Crippen LogP contribution is 2.09. The van der Waals surface area contributed by atoms with Gasteiger partial charge in [0.15, 0.2) is 6.10 Å². The molecule has 0 heterocycles. The summed E-state index contributed by atoms with van der Waals surface area (Å²) < 4.78 is 4.50. The van der Waals surface area contributed by atoms with E-state index in [1.165, 1.54) is 0 Å². The maximum absolute atomic E-state index is 10.6. The maximum atomic E-state index is 10.6. The van der Waals surface area contributed by atoms with Crippen molar-refractivity contribution in [3.63, 3.8) is 0 Å². The van der Waals surface area contributed by atoms with Gasteiger partial charge in [0, 0.05) is 5.92 Å². The van der Waals surface area contributed by atoms with Crippen LogP contribution in [0.15, 0.2) is 0 Å². The monoisotopic (exact) mass is 159 g/mol. The Balaban J connectivity index is 4.08. The molecule has 0 fully saturated rings. The molecule has 0 bridgehead atoms. The van der Waals surface area contributed by atoms with E-state index in [1.54, 1.807) is 6.92 Å². The van der Waals surface area contributed by atoms with Crippen molar-refractivity contribution in [2.45, 2.75) is 26.4 Å². The van der Waals surface area contributed by atoms with Crippen LogP contribution in [-0.2, 0) is 14.3 Å². The summed E-state index contributed by atoms with van der Waals surface area (Å²) in [4.78, 5) is 20.5. The molecule has 0 rings (SSSR count). The predicted octanol–water partition coefficient (Wildman–Crippen LogP) is 0.0594. The van der Waals surface area contributed by atoms with E-state index in [9.17, 15) is 9.59 Å². The van der Waals surface area contributed by atoms with Gasteiger partial charge in [-0.05, 0) is 6.42 Å². The Morgan fingerprint density at radius 2 is 2.27 bits per heavy atom. The molecule has 11 heavy (non-hydrogen) atoms. The molecule has 0 radical (unpaired) electrons. The van der Waals surface area contributed by atoms with E-state index in [0.717, 1.165) is 6.42 Å². The molecule has 0 spiro atoms. The lowest BCUT2D eigenvalue weighted by Crippen LogP contribution is -2.36. The van der Waals surface area contributed by atoms with Gasteiger partial charge >= 0.3 is 0 Å². The predicted molar refractivity (Wildman–Crippen MR) is 39.6 cm³/mol. The minimum atomic E-state index is -0.780. The number of hydrogen-bond acceptors (Lipinski definition) is 3. The molecule has 0 aliphatic heterocycles. The highest BCUT2D eigenvalue weighted by molar-refractivity contribution is 5.80. The van der Waals surface area contributed by atoms with E-state index in [4.69, 9.17) is 5.73 Å². The Kier molecular flexibility index (Phi) is 4.26. The molecule has 0 aromatic rings. The minimum absolute atomic E-state index is 0.0160. The lowest BCUT2D eigenvalue weighted by atomic mass is 10.0. The fraction of sp³-hybridized carbons (Fsp3) is 0.714. The Labute approximate surface area is 65.7 Å². The first-order valence-electron chi connectivity index (χ1n) is 3.51. The van der Waals surface area contributed by atoms with E-state index in [-0.39, 0.29) is 12.4 Å². The SMILES string of the molecule is CCC(C)C(OC=O)C(N)=O. The zero-order valence-corrected chi connectivity index (χ0v) is 6.74. The molecular formula is C7H13NO3. The molecular weight excluding hydrogens is 146 g/mol. The zero-order valence-electron chi connectivity index (χ0n) is 6.74. The fourth-order valence-electron chi connectivity index (χ4n) is 0.756. The summed E-state index contributed by atoms with van der Waals surface area (Å²) in [6.45, 7) is 3.95. The van der Waals surface area contributed by atoms with Crippen molar-refractivity contribution in [2.75, 3.05) is 0 Å². The number of carbonyl (C=O) groups is 2. The number of amides is 1. The van der Waals surface area contributed by atoms with Crippen LogP contribution in [0.3, 0.4) is 0 Å². The summed E-state index contributed by atoms with van der Waals surface area (Å²) in [5.41, 5.74) is 4.98. The topological polar surface area (TPSA) is 69.4 Å². The van der Waals surface area contributed by atoms with Gasteiger partial charge in [0.05, 0.1) is 0 Å². The third-order valence-corrected chi connectivity index (χ3v) is 1.64. The Bertz CT molecular complexity index is 147. The highest BCUT2D eigenvalue weighted by Gasteiger charge is 2.22. The van der Waals surface area contributed by atoms with Crippen LogP contribution in [0.4, 0.5) is 0 Å². The largest absolute Gasteiger partial charge is 0.454 e. The van der Waals surface area contributed by atoms with Crippen molar-refractivity contribution < 1.29 is 14.3 Å². The Morgan fingerprint density at radius 3 is 2.55 bits per heavy atom. The minimum Gasteiger partial charge on any atom is -0.454 e. The van der Waals surface area contributed by atoms with E-state index in [2.05, 4.69) is 4.74 Å². The molecule has 0 aliphatic rings. The van der Waals surface area contributed by atoms with Crippen molar-refractivity contribution in [1.82, 2.24) is 0 Å². The van der Waals surface area contributed by atoms with E-state index in [0.29, 0.717) is 0 Å². The number of rotatable bonds is 5. The first kappa shape index (κ1) is 9.94. The van der Waals surface area contributed by atoms with Crippen LogP contribution in [0.5, 0.6) is 0 Å². The van der Waals surface area contributed by atoms with Crippen molar-refractivity contribution in [2.24, 2.45) is 11.7 Å². The van der Waals surface area contributed by atoms with Crippen molar-refractivity contribution in [3.05, 3.63) is 0 Å². The molecule has 0 aromatic carbocycles. The molecule has 2 unspecified atom stereocenters. The summed E-state index contributed by atoms with van der Waals surface area (Å²) >= 11 is 0. The molecule has 0 saturated heterocycles.